The van der Waals surface area contributed by atoms with Crippen LogP contribution in [-0.2, 0) is 9.53 Å². The summed E-state index contributed by atoms with van der Waals surface area (Å²) in [7, 11) is 0. The van der Waals surface area contributed by atoms with Gasteiger partial charge in [0.1, 0.15) is 5.69 Å². The van der Waals surface area contributed by atoms with Crippen molar-refractivity contribution in [1.82, 2.24) is 10.3 Å². The molecular weight excluding hydrogens is 280 g/mol. The average molecular weight is 300 g/mol. The second-order valence-electron chi connectivity index (χ2n) is 5.10. The van der Waals surface area contributed by atoms with Crippen LogP contribution in [0.2, 0.25) is 0 Å². The predicted octanol–water partition coefficient (Wildman–Crippen LogP) is 2.75. The summed E-state index contributed by atoms with van der Waals surface area (Å²) in [6.07, 6.45) is 2.39. The Bertz CT molecular complexity index is 618. The van der Waals surface area contributed by atoms with E-state index in [0.29, 0.717) is 5.69 Å². The number of carbonyl (C=O) groups is 2. The number of esters is 1. The zero-order chi connectivity index (χ0) is 15.9. The van der Waals surface area contributed by atoms with E-state index in [-0.39, 0.29) is 18.6 Å². The quantitative estimate of drug-likeness (QED) is 0.806. The van der Waals surface area contributed by atoms with Crippen LogP contribution in [0.1, 0.15) is 41.0 Å². The minimum absolute atomic E-state index is 0.0858. The van der Waals surface area contributed by atoms with Gasteiger partial charge in [-0.05, 0) is 31.0 Å². The molecule has 0 bridgehead atoms. The molecule has 2 N–H and O–H groups in total. The van der Waals surface area contributed by atoms with Crippen molar-refractivity contribution in [1.29, 1.82) is 0 Å². The Morgan fingerprint density at radius 1 is 1.23 bits per heavy atom. The molecule has 116 valence electrons. The van der Waals surface area contributed by atoms with Crippen LogP contribution in [0.4, 0.5) is 0 Å². The van der Waals surface area contributed by atoms with Crippen molar-refractivity contribution in [2.45, 2.75) is 26.3 Å². The van der Waals surface area contributed by atoms with Gasteiger partial charge in [0.25, 0.3) is 5.91 Å². The lowest BCUT2D eigenvalue weighted by atomic mass is 10.0. The summed E-state index contributed by atoms with van der Waals surface area (Å²) >= 11 is 0. The van der Waals surface area contributed by atoms with Gasteiger partial charge >= 0.3 is 5.97 Å². The van der Waals surface area contributed by atoms with Gasteiger partial charge in [-0.15, -0.1) is 0 Å². The number of amides is 1. The number of carbonyl (C=O) groups excluding carboxylic acids is 2. The lowest BCUT2D eigenvalue weighted by Gasteiger charge is -2.17. The number of hydrogen-bond acceptors (Lipinski definition) is 3. The summed E-state index contributed by atoms with van der Waals surface area (Å²) < 4.78 is 4.97. The van der Waals surface area contributed by atoms with Gasteiger partial charge in [0.15, 0.2) is 6.61 Å². The standard InChI is InChI=1S/C17H20N2O3/c1-3-14(13-8-6-12(2)7-9-13)19-16(20)11-22-17(21)15-5-4-10-18-15/h4-10,14,18H,3,11H2,1-2H3,(H,19,20)/t14-/m1/s1. The first-order valence-corrected chi connectivity index (χ1v) is 7.26. The minimum Gasteiger partial charge on any atom is -0.451 e. The summed E-state index contributed by atoms with van der Waals surface area (Å²) in [5.41, 5.74) is 2.54. The molecular formula is C17H20N2O3. The van der Waals surface area contributed by atoms with Crippen molar-refractivity contribution in [3.63, 3.8) is 0 Å². The molecule has 5 nitrogen and oxygen atoms in total. The molecule has 1 atom stereocenters. The monoisotopic (exact) mass is 300 g/mol. The zero-order valence-corrected chi connectivity index (χ0v) is 12.8. The first kappa shape index (κ1) is 15.8. The van der Waals surface area contributed by atoms with Crippen LogP contribution in [0.5, 0.6) is 0 Å². The van der Waals surface area contributed by atoms with E-state index in [9.17, 15) is 9.59 Å². The predicted molar refractivity (Wildman–Crippen MR) is 83.4 cm³/mol. The number of ether oxygens (including phenoxy) is 1. The van der Waals surface area contributed by atoms with Gasteiger partial charge in [0.2, 0.25) is 0 Å². The van der Waals surface area contributed by atoms with Crippen molar-refractivity contribution < 1.29 is 14.3 Å². The highest BCUT2D eigenvalue weighted by atomic mass is 16.5. The van der Waals surface area contributed by atoms with E-state index in [2.05, 4.69) is 10.3 Å². The lowest BCUT2D eigenvalue weighted by Crippen LogP contribution is -2.32. The normalized spacial score (nSPS) is 11.7. The fourth-order valence-electron chi connectivity index (χ4n) is 2.12. The largest absolute Gasteiger partial charge is 0.451 e. The van der Waals surface area contributed by atoms with Crippen molar-refractivity contribution in [3.05, 3.63) is 59.4 Å². The highest BCUT2D eigenvalue weighted by Crippen LogP contribution is 2.16. The van der Waals surface area contributed by atoms with Gasteiger partial charge in [-0.2, -0.15) is 0 Å². The molecule has 2 aromatic rings. The van der Waals surface area contributed by atoms with Gasteiger partial charge in [0.05, 0.1) is 6.04 Å². The maximum absolute atomic E-state index is 11.9. The first-order valence-electron chi connectivity index (χ1n) is 7.26. The Morgan fingerprint density at radius 2 is 1.95 bits per heavy atom. The second-order valence-corrected chi connectivity index (χ2v) is 5.10. The number of aromatic amines is 1. The molecule has 1 aromatic carbocycles. The number of nitrogens with one attached hydrogen (secondary N) is 2. The van der Waals surface area contributed by atoms with Crippen LogP contribution in [0.25, 0.3) is 0 Å². The van der Waals surface area contributed by atoms with Gasteiger partial charge in [-0.25, -0.2) is 4.79 Å². The van der Waals surface area contributed by atoms with Crippen LogP contribution < -0.4 is 5.32 Å². The maximum Gasteiger partial charge on any atom is 0.355 e. The van der Waals surface area contributed by atoms with E-state index in [1.807, 2.05) is 38.1 Å². The number of hydrogen-bond donors (Lipinski definition) is 2. The van der Waals surface area contributed by atoms with E-state index in [0.717, 1.165) is 12.0 Å². The zero-order valence-electron chi connectivity index (χ0n) is 12.8. The third kappa shape index (κ3) is 4.22. The Labute approximate surface area is 129 Å². The summed E-state index contributed by atoms with van der Waals surface area (Å²) in [5.74, 6) is -0.851. The molecule has 1 amide bonds. The number of benzene rings is 1. The van der Waals surface area contributed by atoms with E-state index >= 15 is 0 Å². The van der Waals surface area contributed by atoms with Gasteiger partial charge in [-0.1, -0.05) is 36.8 Å². The average Bonchev–Trinajstić information content (AvgIpc) is 3.05. The molecule has 0 fully saturated rings. The molecule has 2 rings (SSSR count). The van der Waals surface area contributed by atoms with E-state index in [1.54, 1.807) is 18.3 Å². The Balaban J connectivity index is 1.87. The number of H-pyrrole nitrogens is 1. The number of aromatic nitrogens is 1. The molecule has 0 radical (unpaired) electrons. The highest BCUT2D eigenvalue weighted by molar-refractivity contribution is 5.89. The van der Waals surface area contributed by atoms with Crippen molar-refractivity contribution in [2.24, 2.45) is 0 Å². The van der Waals surface area contributed by atoms with Crippen LogP contribution in [0.3, 0.4) is 0 Å². The maximum atomic E-state index is 11.9. The molecule has 0 aliphatic carbocycles. The van der Waals surface area contributed by atoms with Gasteiger partial charge in [0, 0.05) is 6.20 Å². The van der Waals surface area contributed by atoms with Gasteiger partial charge in [-0.3, -0.25) is 4.79 Å². The molecule has 0 saturated heterocycles. The molecule has 1 heterocycles. The molecule has 5 heteroatoms. The molecule has 22 heavy (non-hydrogen) atoms. The van der Waals surface area contributed by atoms with E-state index in [1.165, 1.54) is 5.56 Å². The first-order chi connectivity index (χ1) is 10.6. The van der Waals surface area contributed by atoms with Gasteiger partial charge < -0.3 is 15.0 Å². The Kier molecular flexibility index (Phi) is 5.36. The summed E-state index contributed by atoms with van der Waals surface area (Å²) in [4.78, 5) is 26.3. The SMILES string of the molecule is CC[C@@H](NC(=O)COC(=O)c1ccc[nH]1)c1ccc(C)cc1. The topological polar surface area (TPSA) is 71.2 Å². The number of aryl methyl sites for hydroxylation is 1. The highest BCUT2D eigenvalue weighted by Gasteiger charge is 2.15. The fraction of sp³-hybridized carbons (Fsp3) is 0.294. The molecule has 0 aliphatic heterocycles. The summed E-state index contributed by atoms with van der Waals surface area (Å²) in [5, 5.41) is 2.88. The summed E-state index contributed by atoms with van der Waals surface area (Å²) in [6.45, 7) is 3.72. The molecule has 0 unspecified atom stereocenters. The molecule has 0 aliphatic rings. The third-order valence-electron chi connectivity index (χ3n) is 3.38. The number of rotatable bonds is 6. The molecule has 0 spiro atoms. The van der Waals surface area contributed by atoms with Crippen molar-refractivity contribution >= 4 is 11.9 Å². The molecule has 1 aromatic heterocycles. The van der Waals surface area contributed by atoms with Crippen molar-refractivity contribution in [3.8, 4) is 0 Å². The van der Waals surface area contributed by atoms with E-state index in [4.69, 9.17) is 4.74 Å². The summed E-state index contributed by atoms with van der Waals surface area (Å²) in [6, 6.07) is 11.2. The smallest absolute Gasteiger partial charge is 0.355 e. The van der Waals surface area contributed by atoms with Crippen LogP contribution in [0.15, 0.2) is 42.6 Å². The fourth-order valence-corrected chi connectivity index (χ4v) is 2.12. The Morgan fingerprint density at radius 3 is 2.55 bits per heavy atom. The van der Waals surface area contributed by atoms with E-state index < -0.39 is 5.97 Å². The van der Waals surface area contributed by atoms with Crippen LogP contribution in [-0.4, -0.2) is 23.5 Å². The molecule has 0 saturated carbocycles. The minimum atomic E-state index is -0.538. The second kappa shape index (κ2) is 7.45. The van der Waals surface area contributed by atoms with Crippen LogP contribution in [0, 0.1) is 6.92 Å². The Hall–Kier alpha value is -2.56. The van der Waals surface area contributed by atoms with Crippen molar-refractivity contribution in [2.75, 3.05) is 6.61 Å². The van der Waals surface area contributed by atoms with Crippen LogP contribution >= 0.6 is 0 Å². The third-order valence-corrected chi connectivity index (χ3v) is 3.38. The lowest BCUT2D eigenvalue weighted by molar-refractivity contribution is -0.125.